The number of nitrogens with zero attached hydrogens (tertiary/aromatic N) is 1. The van der Waals surface area contributed by atoms with Gasteiger partial charge in [-0.1, -0.05) is 0 Å². The molecule has 1 rings (SSSR count). The van der Waals surface area contributed by atoms with Gasteiger partial charge in [-0.05, 0) is 20.3 Å². The van der Waals surface area contributed by atoms with Crippen LogP contribution >= 0.6 is 0 Å². The van der Waals surface area contributed by atoms with Crippen LogP contribution in [-0.4, -0.2) is 50.1 Å². The second-order valence-corrected chi connectivity index (χ2v) is 4.79. The molecule has 5 nitrogen and oxygen atoms in total. The SMILES string of the molecule is COC(=O)C(C)(C)CN1CCCNC(=O)C1. The van der Waals surface area contributed by atoms with Gasteiger partial charge in [-0.3, -0.25) is 14.5 Å². The molecule has 1 aliphatic heterocycles. The number of amides is 1. The number of hydrogen-bond acceptors (Lipinski definition) is 4. The fourth-order valence-electron chi connectivity index (χ4n) is 1.90. The maximum atomic E-state index is 11.5. The van der Waals surface area contributed by atoms with E-state index >= 15 is 0 Å². The smallest absolute Gasteiger partial charge is 0.312 e. The second-order valence-electron chi connectivity index (χ2n) is 4.79. The van der Waals surface area contributed by atoms with Crippen LogP contribution in [0.1, 0.15) is 20.3 Å². The molecule has 0 unspecified atom stereocenters. The maximum absolute atomic E-state index is 11.5. The zero-order valence-corrected chi connectivity index (χ0v) is 10.2. The van der Waals surface area contributed by atoms with Crippen LogP contribution in [0.25, 0.3) is 0 Å². The minimum atomic E-state index is -0.570. The number of methoxy groups -OCH3 is 1. The van der Waals surface area contributed by atoms with E-state index in [4.69, 9.17) is 4.74 Å². The summed E-state index contributed by atoms with van der Waals surface area (Å²) in [4.78, 5) is 24.9. The lowest BCUT2D eigenvalue weighted by atomic mass is 9.93. The topological polar surface area (TPSA) is 58.6 Å². The lowest BCUT2D eigenvalue weighted by Crippen LogP contribution is -2.42. The molecule has 0 aromatic heterocycles. The van der Waals surface area contributed by atoms with Crippen LogP contribution in [0.15, 0.2) is 0 Å². The normalized spacial score (nSPS) is 18.8. The molecule has 0 radical (unpaired) electrons. The van der Waals surface area contributed by atoms with Crippen LogP contribution in [-0.2, 0) is 14.3 Å². The summed E-state index contributed by atoms with van der Waals surface area (Å²) in [6, 6.07) is 0. The Kier molecular flexibility index (Phi) is 4.29. The van der Waals surface area contributed by atoms with E-state index < -0.39 is 5.41 Å². The molecule has 1 amide bonds. The zero-order chi connectivity index (χ0) is 12.2. The van der Waals surface area contributed by atoms with Crippen LogP contribution in [0.2, 0.25) is 0 Å². The highest BCUT2D eigenvalue weighted by Gasteiger charge is 2.32. The van der Waals surface area contributed by atoms with Crippen LogP contribution in [0.3, 0.4) is 0 Å². The Bertz CT molecular complexity index is 276. The second kappa shape index (κ2) is 5.30. The number of rotatable bonds is 3. The Morgan fingerprint density at radius 3 is 2.88 bits per heavy atom. The molecule has 0 bridgehead atoms. The average Bonchev–Trinajstić information content (AvgIpc) is 2.40. The Labute approximate surface area is 96.1 Å². The van der Waals surface area contributed by atoms with Gasteiger partial charge >= 0.3 is 5.97 Å². The summed E-state index contributed by atoms with van der Waals surface area (Å²) < 4.78 is 4.75. The van der Waals surface area contributed by atoms with Gasteiger partial charge in [0.1, 0.15) is 0 Å². The van der Waals surface area contributed by atoms with Crippen molar-refractivity contribution in [3.05, 3.63) is 0 Å². The van der Waals surface area contributed by atoms with E-state index in [0.29, 0.717) is 19.6 Å². The first-order valence-corrected chi connectivity index (χ1v) is 5.53. The van der Waals surface area contributed by atoms with E-state index in [1.807, 2.05) is 18.7 Å². The maximum Gasteiger partial charge on any atom is 0.312 e. The van der Waals surface area contributed by atoms with Gasteiger partial charge < -0.3 is 10.1 Å². The van der Waals surface area contributed by atoms with Crippen molar-refractivity contribution in [1.82, 2.24) is 10.2 Å². The number of hydrogen-bond donors (Lipinski definition) is 1. The highest BCUT2D eigenvalue weighted by Crippen LogP contribution is 2.19. The van der Waals surface area contributed by atoms with Gasteiger partial charge in [-0.15, -0.1) is 0 Å². The Balaban J connectivity index is 2.57. The highest BCUT2D eigenvalue weighted by atomic mass is 16.5. The summed E-state index contributed by atoms with van der Waals surface area (Å²) in [5.41, 5.74) is -0.570. The first-order chi connectivity index (χ1) is 7.45. The molecule has 16 heavy (non-hydrogen) atoms. The Hall–Kier alpha value is -1.10. The summed E-state index contributed by atoms with van der Waals surface area (Å²) in [6.07, 6.45) is 0.920. The number of carbonyl (C=O) groups excluding carboxylic acids is 2. The molecule has 5 heteroatoms. The third kappa shape index (κ3) is 3.48. The molecular weight excluding hydrogens is 208 g/mol. The molecular formula is C11H20N2O3. The van der Waals surface area contributed by atoms with E-state index in [2.05, 4.69) is 5.32 Å². The number of carbonyl (C=O) groups is 2. The summed E-state index contributed by atoms with van der Waals surface area (Å²) >= 11 is 0. The zero-order valence-electron chi connectivity index (χ0n) is 10.2. The molecule has 0 aromatic carbocycles. The van der Waals surface area contributed by atoms with E-state index in [1.165, 1.54) is 7.11 Å². The highest BCUT2D eigenvalue weighted by molar-refractivity contribution is 5.79. The molecule has 0 aliphatic carbocycles. The van der Waals surface area contributed by atoms with Crippen molar-refractivity contribution in [3.63, 3.8) is 0 Å². The van der Waals surface area contributed by atoms with Gasteiger partial charge in [0, 0.05) is 19.6 Å². The summed E-state index contributed by atoms with van der Waals surface area (Å²) in [5, 5.41) is 2.81. The first kappa shape index (κ1) is 13.0. The van der Waals surface area contributed by atoms with Crippen molar-refractivity contribution in [2.24, 2.45) is 5.41 Å². The predicted molar refractivity (Wildman–Crippen MR) is 59.9 cm³/mol. The van der Waals surface area contributed by atoms with Gasteiger partial charge in [-0.25, -0.2) is 0 Å². The summed E-state index contributed by atoms with van der Waals surface area (Å²) in [5.74, 6) is -0.213. The van der Waals surface area contributed by atoms with Crippen molar-refractivity contribution in [2.75, 3.05) is 33.3 Å². The van der Waals surface area contributed by atoms with Gasteiger partial charge in [0.15, 0.2) is 0 Å². The first-order valence-electron chi connectivity index (χ1n) is 5.53. The van der Waals surface area contributed by atoms with Crippen LogP contribution < -0.4 is 5.32 Å². The Morgan fingerprint density at radius 1 is 1.56 bits per heavy atom. The fourth-order valence-corrected chi connectivity index (χ4v) is 1.90. The van der Waals surface area contributed by atoms with Gasteiger partial charge in [0.05, 0.1) is 19.1 Å². The Morgan fingerprint density at radius 2 is 2.25 bits per heavy atom. The van der Waals surface area contributed by atoms with Crippen LogP contribution in [0.5, 0.6) is 0 Å². The van der Waals surface area contributed by atoms with E-state index in [1.54, 1.807) is 0 Å². The van der Waals surface area contributed by atoms with Crippen molar-refractivity contribution < 1.29 is 14.3 Å². The fraction of sp³-hybridized carbons (Fsp3) is 0.818. The minimum absolute atomic E-state index is 0.0261. The van der Waals surface area contributed by atoms with Crippen LogP contribution in [0.4, 0.5) is 0 Å². The lowest BCUT2D eigenvalue weighted by Gasteiger charge is -2.28. The summed E-state index contributed by atoms with van der Waals surface area (Å²) in [6.45, 7) is 6.13. The van der Waals surface area contributed by atoms with Crippen molar-refractivity contribution >= 4 is 11.9 Å². The monoisotopic (exact) mass is 228 g/mol. The van der Waals surface area contributed by atoms with Gasteiger partial charge in [-0.2, -0.15) is 0 Å². The van der Waals surface area contributed by atoms with E-state index in [-0.39, 0.29) is 11.9 Å². The number of nitrogens with one attached hydrogen (secondary N) is 1. The van der Waals surface area contributed by atoms with E-state index in [9.17, 15) is 9.59 Å². The van der Waals surface area contributed by atoms with E-state index in [0.717, 1.165) is 13.0 Å². The molecule has 0 saturated carbocycles. The molecule has 0 atom stereocenters. The molecule has 1 heterocycles. The molecule has 0 spiro atoms. The largest absolute Gasteiger partial charge is 0.469 e. The third-order valence-electron chi connectivity index (χ3n) is 2.70. The molecule has 1 aliphatic rings. The third-order valence-corrected chi connectivity index (χ3v) is 2.70. The predicted octanol–water partition coefficient (Wildman–Crippen LogP) is 0.00750. The standard InChI is InChI=1S/C11H20N2O3/c1-11(2,10(15)16-3)8-13-6-4-5-12-9(14)7-13/h4-8H2,1-3H3,(H,12,14). The van der Waals surface area contributed by atoms with Crippen LogP contribution in [0, 0.1) is 5.41 Å². The van der Waals surface area contributed by atoms with Gasteiger partial charge in [0.25, 0.3) is 0 Å². The molecule has 0 aromatic rings. The number of esters is 1. The van der Waals surface area contributed by atoms with Crippen molar-refractivity contribution in [2.45, 2.75) is 20.3 Å². The van der Waals surface area contributed by atoms with Crippen molar-refractivity contribution in [1.29, 1.82) is 0 Å². The molecule has 92 valence electrons. The average molecular weight is 228 g/mol. The minimum Gasteiger partial charge on any atom is -0.469 e. The molecule has 1 N–H and O–H groups in total. The molecule has 1 saturated heterocycles. The summed E-state index contributed by atoms with van der Waals surface area (Å²) in [7, 11) is 1.39. The lowest BCUT2D eigenvalue weighted by molar-refractivity contribution is -0.152. The number of ether oxygens (including phenoxy) is 1. The molecule has 1 fully saturated rings. The quantitative estimate of drug-likeness (QED) is 0.691. The van der Waals surface area contributed by atoms with Gasteiger partial charge in [0.2, 0.25) is 5.91 Å². The van der Waals surface area contributed by atoms with Crippen molar-refractivity contribution in [3.8, 4) is 0 Å².